The summed E-state index contributed by atoms with van der Waals surface area (Å²) in [6, 6.07) is 3.81. The Hall–Kier alpha value is -1.94. The molecule has 0 aliphatic rings. The lowest BCUT2D eigenvalue weighted by atomic mass is 10.2. The van der Waals surface area contributed by atoms with Crippen LogP contribution in [0.1, 0.15) is 10.4 Å². The number of hydrogen-bond donors (Lipinski definition) is 1. The molecule has 0 aliphatic heterocycles. The molecule has 0 radical (unpaired) electrons. The van der Waals surface area contributed by atoms with Gasteiger partial charge in [0, 0.05) is 0 Å². The van der Waals surface area contributed by atoms with Gasteiger partial charge in [-0.3, -0.25) is 0 Å². The first kappa shape index (κ1) is 12.1. The van der Waals surface area contributed by atoms with Crippen LogP contribution in [0.25, 0.3) is 0 Å². The second kappa shape index (κ2) is 4.28. The molecule has 1 aromatic rings. The van der Waals surface area contributed by atoms with Gasteiger partial charge in [0.1, 0.15) is 16.5 Å². The molecule has 0 atom stereocenters. The third-order valence-corrected chi connectivity index (χ3v) is 3.28. The summed E-state index contributed by atoms with van der Waals surface area (Å²) in [7, 11) is -4.01. The van der Waals surface area contributed by atoms with Gasteiger partial charge in [0.15, 0.2) is 9.84 Å². The predicted octanol–water partition coefficient (Wildman–Crippen LogP) is 0.821. The molecular weight excluding hydrogens is 237 g/mol. The van der Waals surface area contributed by atoms with Crippen molar-refractivity contribution < 1.29 is 22.7 Å². The number of nitriles is 1. The third kappa shape index (κ3) is 2.35. The molecular formula is C9H6FNO4S. The van der Waals surface area contributed by atoms with E-state index in [1.807, 2.05) is 0 Å². The summed E-state index contributed by atoms with van der Waals surface area (Å²) in [4.78, 5) is 9.80. The Morgan fingerprint density at radius 1 is 1.50 bits per heavy atom. The highest BCUT2D eigenvalue weighted by Gasteiger charge is 2.20. The number of aromatic carboxylic acids is 1. The number of carboxylic acid groups (broad SMARTS) is 1. The van der Waals surface area contributed by atoms with E-state index in [0.29, 0.717) is 6.07 Å². The number of sulfone groups is 1. The van der Waals surface area contributed by atoms with Gasteiger partial charge in [0.05, 0.1) is 11.6 Å². The van der Waals surface area contributed by atoms with E-state index in [1.54, 1.807) is 0 Å². The predicted molar refractivity (Wildman–Crippen MR) is 51.0 cm³/mol. The highest BCUT2D eigenvalue weighted by atomic mass is 32.2. The van der Waals surface area contributed by atoms with Crippen LogP contribution in [0.3, 0.4) is 0 Å². The van der Waals surface area contributed by atoms with E-state index in [9.17, 15) is 17.6 Å². The number of carbonyl (C=O) groups is 1. The zero-order valence-electron chi connectivity index (χ0n) is 7.84. The minimum Gasteiger partial charge on any atom is -0.478 e. The molecule has 0 heterocycles. The normalized spacial score (nSPS) is 10.8. The molecule has 0 saturated heterocycles. The molecule has 0 aromatic heterocycles. The molecule has 7 heteroatoms. The molecule has 0 spiro atoms. The lowest BCUT2D eigenvalue weighted by molar-refractivity contribution is 0.0696. The fourth-order valence-corrected chi connectivity index (χ4v) is 2.01. The standard InChI is InChI=1S/C9H6FNO4S/c10-7-5-6(9(12)13)1-2-8(7)16(14,15)4-3-11/h1-2,5H,4H2,(H,12,13). The summed E-state index contributed by atoms with van der Waals surface area (Å²) in [6.45, 7) is 0. The number of rotatable bonds is 3. The summed E-state index contributed by atoms with van der Waals surface area (Å²) in [5, 5.41) is 16.8. The van der Waals surface area contributed by atoms with Gasteiger partial charge in [-0.05, 0) is 18.2 Å². The quantitative estimate of drug-likeness (QED) is 0.847. The van der Waals surface area contributed by atoms with E-state index in [-0.39, 0.29) is 5.56 Å². The SMILES string of the molecule is N#CCS(=O)(=O)c1ccc(C(=O)O)cc1F. The first-order valence-electron chi connectivity index (χ1n) is 4.01. The third-order valence-electron chi connectivity index (χ3n) is 1.77. The van der Waals surface area contributed by atoms with Crippen molar-refractivity contribution in [3.05, 3.63) is 29.6 Å². The lowest BCUT2D eigenvalue weighted by Gasteiger charge is -2.02. The second-order valence-corrected chi connectivity index (χ2v) is 4.83. The topological polar surface area (TPSA) is 95.2 Å². The molecule has 84 valence electrons. The van der Waals surface area contributed by atoms with Crippen LogP contribution in [-0.2, 0) is 9.84 Å². The van der Waals surface area contributed by atoms with Crippen LogP contribution in [0, 0.1) is 17.1 Å². The van der Waals surface area contributed by atoms with Crippen molar-refractivity contribution in [1.82, 2.24) is 0 Å². The maximum absolute atomic E-state index is 13.3. The van der Waals surface area contributed by atoms with Gasteiger partial charge in [-0.15, -0.1) is 0 Å². The Morgan fingerprint density at radius 2 is 2.12 bits per heavy atom. The second-order valence-electron chi connectivity index (χ2n) is 2.87. The van der Waals surface area contributed by atoms with Crippen molar-refractivity contribution in [2.24, 2.45) is 0 Å². The average Bonchev–Trinajstić information content (AvgIpc) is 2.16. The minimum atomic E-state index is -4.01. The summed E-state index contributed by atoms with van der Waals surface area (Å²) in [6.07, 6.45) is 0. The Labute approximate surface area is 90.7 Å². The van der Waals surface area contributed by atoms with Gasteiger partial charge >= 0.3 is 5.97 Å². The summed E-state index contributed by atoms with van der Waals surface area (Å²) in [5.74, 6) is -3.38. The molecule has 16 heavy (non-hydrogen) atoms. The zero-order valence-corrected chi connectivity index (χ0v) is 8.66. The van der Waals surface area contributed by atoms with Gasteiger partial charge in [-0.25, -0.2) is 17.6 Å². The Morgan fingerprint density at radius 3 is 2.56 bits per heavy atom. The highest BCUT2D eigenvalue weighted by molar-refractivity contribution is 7.91. The number of benzene rings is 1. The van der Waals surface area contributed by atoms with Gasteiger partial charge in [0.2, 0.25) is 0 Å². The van der Waals surface area contributed by atoms with Gasteiger partial charge in [0.25, 0.3) is 0 Å². The monoisotopic (exact) mass is 243 g/mol. The molecule has 0 aliphatic carbocycles. The Kier molecular flexibility index (Phi) is 3.25. The average molecular weight is 243 g/mol. The summed E-state index contributed by atoms with van der Waals surface area (Å²) in [5.41, 5.74) is -0.353. The lowest BCUT2D eigenvalue weighted by Crippen LogP contribution is -2.08. The van der Waals surface area contributed by atoms with Crippen LogP contribution < -0.4 is 0 Å². The van der Waals surface area contributed by atoms with Crippen molar-refractivity contribution in [3.63, 3.8) is 0 Å². The van der Waals surface area contributed by atoms with Crippen molar-refractivity contribution >= 4 is 15.8 Å². The fourth-order valence-electron chi connectivity index (χ4n) is 1.05. The number of carboxylic acids is 1. The van der Waals surface area contributed by atoms with E-state index in [1.165, 1.54) is 6.07 Å². The molecule has 5 nitrogen and oxygen atoms in total. The minimum absolute atomic E-state index is 0.353. The van der Waals surface area contributed by atoms with Crippen molar-refractivity contribution in [3.8, 4) is 6.07 Å². The first-order chi connectivity index (χ1) is 7.38. The molecule has 0 saturated carbocycles. The van der Waals surface area contributed by atoms with Gasteiger partial charge < -0.3 is 5.11 Å². The molecule has 0 fully saturated rings. The van der Waals surface area contributed by atoms with Crippen LogP contribution in [0.5, 0.6) is 0 Å². The zero-order chi connectivity index (χ0) is 12.3. The number of halogens is 1. The van der Waals surface area contributed by atoms with Crippen LogP contribution in [0.4, 0.5) is 4.39 Å². The van der Waals surface area contributed by atoms with Crippen LogP contribution in [-0.4, -0.2) is 25.2 Å². The van der Waals surface area contributed by atoms with E-state index in [4.69, 9.17) is 10.4 Å². The maximum Gasteiger partial charge on any atom is 0.335 e. The molecule has 1 rings (SSSR count). The largest absolute Gasteiger partial charge is 0.478 e. The molecule has 0 bridgehead atoms. The van der Waals surface area contributed by atoms with E-state index in [0.717, 1.165) is 12.1 Å². The molecule has 0 unspecified atom stereocenters. The molecule has 0 amide bonds. The van der Waals surface area contributed by atoms with Crippen molar-refractivity contribution in [1.29, 1.82) is 5.26 Å². The van der Waals surface area contributed by atoms with Crippen LogP contribution >= 0.6 is 0 Å². The van der Waals surface area contributed by atoms with E-state index < -0.39 is 32.3 Å². The van der Waals surface area contributed by atoms with Gasteiger partial charge in [-0.2, -0.15) is 5.26 Å². The molecule has 1 N–H and O–H groups in total. The number of nitrogens with zero attached hydrogens (tertiary/aromatic N) is 1. The Balaban J connectivity index is 3.30. The molecule has 1 aromatic carbocycles. The summed E-state index contributed by atoms with van der Waals surface area (Å²) >= 11 is 0. The van der Waals surface area contributed by atoms with Gasteiger partial charge in [-0.1, -0.05) is 0 Å². The number of hydrogen-bond acceptors (Lipinski definition) is 4. The van der Waals surface area contributed by atoms with E-state index in [2.05, 4.69) is 0 Å². The smallest absolute Gasteiger partial charge is 0.335 e. The highest BCUT2D eigenvalue weighted by Crippen LogP contribution is 2.17. The first-order valence-corrected chi connectivity index (χ1v) is 5.66. The van der Waals surface area contributed by atoms with Crippen LogP contribution in [0.2, 0.25) is 0 Å². The van der Waals surface area contributed by atoms with Crippen molar-refractivity contribution in [2.75, 3.05) is 5.75 Å². The fraction of sp³-hybridized carbons (Fsp3) is 0.111. The van der Waals surface area contributed by atoms with Crippen LogP contribution in [0.15, 0.2) is 23.1 Å². The maximum atomic E-state index is 13.3. The summed E-state index contributed by atoms with van der Waals surface area (Å²) < 4.78 is 35.9. The van der Waals surface area contributed by atoms with E-state index >= 15 is 0 Å². The Bertz CT molecular complexity index is 574. The van der Waals surface area contributed by atoms with Crippen molar-refractivity contribution in [2.45, 2.75) is 4.90 Å².